The lowest BCUT2D eigenvalue weighted by molar-refractivity contribution is -0.116. The minimum atomic E-state index is -0.453. The molecule has 0 aliphatic carbocycles. The Kier molecular flexibility index (Phi) is 5.65. The smallest absolute Gasteiger partial charge is 0.262 e. The van der Waals surface area contributed by atoms with Gasteiger partial charge in [-0.2, -0.15) is 0 Å². The van der Waals surface area contributed by atoms with Crippen LogP contribution < -0.4 is 10.1 Å². The molecule has 0 fully saturated rings. The molecule has 3 heterocycles. The van der Waals surface area contributed by atoms with E-state index in [4.69, 9.17) is 4.74 Å². The van der Waals surface area contributed by atoms with E-state index in [9.17, 15) is 14.4 Å². The zero-order chi connectivity index (χ0) is 22.9. The van der Waals surface area contributed by atoms with Gasteiger partial charge >= 0.3 is 0 Å². The predicted octanol–water partition coefficient (Wildman–Crippen LogP) is 2.94. The SMILES string of the molecule is COc1ccc2c(c1)CCN(Cc1csc(NC(=O)CN3C(=O)c4ccccc4C3=O)n1)C2. The molecule has 0 saturated carbocycles. The first-order chi connectivity index (χ1) is 16.0. The second-order valence-corrected chi connectivity index (χ2v) is 8.89. The molecule has 9 heteroatoms. The summed E-state index contributed by atoms with van der Waals surface area (Å²) in [6.07, 6.45) is 0.945. The predicted molar refractivity (Wildman–Crippen MR) is 123 cm³/mol. The second kappa shape index (κ2) is 8.76. The number of rotatable bonds is 6. The van der Waals surface area contributed by atoms with Crippen LogP contribution in [-0.4, -0.2) is 52.7 Å². The lowest BCUT2D eigenvalue weighted by Gasteiger charge is -2.28. The molecule has 0 unspecified atom stereocenters. The van der Waals surface area contributed by atoms with Gasteiger partial charge in [-0.25, -0.2) is 4.98 Å². The fourth-order valence-corrected chi connectivity index (χ4v) is 4.92. The number of fused-ring (bicyclic) bond motifs is 2. The molecule has 3 aromatic rings. The molecule has 0 saturated heterocycles. The number of imide groups is 1. The van der Waals surface area contributed by atoms with E-state index in [1.807, 2.05) is 11.4 Å². The number of thiazole rings is 1. The van der Waals surface area contributed by atoms with E-state index in [-0.39, 0.29) is 6.54 Å². The van der Waals surface area contributed by atoms with Crippen LogP contribution in [0, 0.1) is 0 Å². The molecule has 2 aromatic carbocycles. The van der Waals surface area contributed by atoms with Crippen molar-refractivity contribution in [2.24, 2.45) is 0 Å². The van der Waals surface area contributed by atoms with E-state index in [1.165, 1.54) is 22.5 Å². The average Bonchev–Trinajstić information content (AvgIpc) is 3.36. The number of amides is 3. The summed E-state index contributed by atoms with van der Waals surface area (Å²) in [4.78, 5) is 45.2. The van der Waals surface area contributed by atoms with Crippen LogP contribution in [0.5, 0.6) is 5.75 Å². The number of nitrogens with one attached hydrogen (secondary N) is 1. The first-order valence-electron chi connectivity index (χ1n) is 10.6. The van der Waals surface area contributed by atoms with Crippen LogP contribution in [0.3, 0.4) is 0 Å². The van der Waals surface area contributed by atoms with Gasteiger partial charge in [-0.15, -0.1) is 11.3 Å². The number of methoxy groups -OCH3 is 1. The molecular weight excluding hydrogens is 440 g/mol. The Morgan fingerprint density at radius 2 is 1.88 bits per heavy atom. The van der Waals surface area contributed by atoms with Gasteiger partial charge in [0.05, 0.1) is 23.9 Å². The van der Waals surface area contributed by atoms with Crippen LogP contribution in [-0.2, 0) is 24.3 Å². The number of carbonyl (C=O) groups is 3. The highest BCUT2D eigenvalue weighted by molar-refractivity contribution is 7.13. The molecule has 0 spiro atoms. The molecule has 0 atom stereocenters. The molecule has 1 N–H and O–H groups in total. The van der Waals surface area contributed by atoms with Crippen LogP contribution in [0.25, 0.3) is 0 Å². The Hall–Kier alpha value is -3.56. The monoisotopic (exact) mass is 462 g/mol. The number of nitrogens with zero attached hydrogens (tertiary/aromatic N) is 3. The van der Waals surface area contributed by atoms with Gasteiger partial charge in [-0.3, -0.25) is 24.2 Å². The third-order valence-electron chi connectivity index (χ3n) is 5.87. The summed E-state index contributed by atoms with van der Waals surface area (Å²) < 4.78 is 5.31. The van der Waals surface area contributed by atoms with Crippen molar-refractivity contribution in [1.82, 2.24) is 14.8 Å². The fraction of sp³-hybridized carbons (Fsp3) is 0.250. The standard InChI is InChI=1S/C24H22N4O4S/c1-32-18-7-6-16-11-27(9-8-15(16)10-18)12-17-14-33-24(25-17)26-21(29)13-28-22(30)19-4-2-3-5-20(19)23(28)31/h2-7,10,14H,8-9,11-13H2,1H3,(H,25,26,29). The normalized spacial score (nSPS) is 15.4. The zero-order valence-corrected chi connectivity index (χ0v) is 18.9. The van der Waals surface area contributed by atoms with Crippen molar-refractivity contribution < 1.29 is 19.1 Å². The van der Waals surface area contributed by atoms with E-state index in [0.717, 1.165) is 35.9 Å². The first-order valence-corrected chi connectivity index (χ1v) is 11.5. The van der Waals surface area contributed by atoms with Gasteiger partial charge in [0.25, 0.3) is 11.8 Å². The Labute approximate surface area is 194 Å². The van der Waals surface area contributed by atoms with E-state index < -0.39 is 17.7 Å². The number of anilines is 1. The summed E-state index contributed by atoms with van der Waals surface area (Å²) in [5, 5.41) is 5.08. The van der Waals surface area contributed by atoms with Crippen molar-refractivity contribution in [2.45, 2.75) is 19.5 Å². The van der Waals surface area contributed by atoms with Gasteiger partial charge in [-0.05, 0) is 41.8 Å². The summed E-state index contributed by atoms with van der Waals surface area (Å²) in [6.45, 7) is 2.08. The Balaban J connectivity index is 1.17. The molecule has 168 valence electrons. The second-order valence-electron chi connectivity index (χ2n) is 8.03. The molecule has 33 heavy (non-hydrogen) atoms. The number of ether oxygens (including phenoxy) is 1. The minimum absolute atomic E-state index is 0.327. The number of hydrogen-bond donors (Lipinski definition) is 1. The zero-order valence-electron chi connectivity index (χ0n) is 18.0. The number of carbonyl (C=O) groups excluding carboxylic acids is 3. The first kappa shape index (κ1) is 21.3. The van der Waals surface area contributed by atoms with Crippen LogP contribution in [0.2, 0.25) is 0 Å². The summed E-state index contributed by atoms with van der Waals surface area (Å²) in [5.74, 6) is -0.475. The molecule has 0 bridgehead atoms. The maximum absolute atomic E-state index is 12.5. The maximum atomic E-state index is 12.5. The summed E-state index contributed by atoms with van der Waals surface area (Å²) >= 11 is 1.33. The molecular formula is C24H22N4O4S. The Morgan fingerprint density at radius 3 is 2.61 bits per heavy atom. The van der Waals surface area contributed by atoms with Crippen molar-refractivity contribution in [2.75, 3.05) is 25.5 Å². The van der Waals surface area contributed by atoms with Crippen LogP contribution in [0.4, 0.5) is 5.13 Å². The van der Waals surface area contributed by atoms with E-state index >= 15 is 0 Å². The summed E-state index contributed by atoms with van der Waals surface area (Å²) in [5.41, 5.74) is 4.12. The van der Waals surface area contributed by atoms with E-state index in [1.54, 1.807) is 31.4 Å². The highest BCUT2D eigenvalue weighted by Gasteiger charge is 2.36. The van der Waals surface area contributed by atoms with E-state index in [2.05, 4.69) is 27.3 Å². The lowest BCUT2D eigenvalue weighted by atomic mass is 9.99. The van der Waals surface area contributed by atoms with Crippen LogP contribution >= 0.6 is 11.3 Å². The highest BCUT2D eigenvalue weighted by Crippen LogP contribution is 2.26. The third-order valence-corrected chi connectivity index (χ3v) is 6.67. The number of benzene rings is 2. The number of hydrogen-bond acceptors (Lipinski definition) is 7. The number of aromatic nitrogens is 1. The van der Waals surface area contributed by atoms with Gasteiger partial charge in [0.15, 0.2) is 5.13 Å². The molecule has 3 amide bonds. The van der Waals surface area contributed by atoms with Crippen LogP contribution in [0.15, 0.2) is 47.8 Å². The summed E-state index contributed by atoms with van der Waals surface area (Å²) in [6, 6.07) is 12.8. The van der Waals surface area contributed by atoms with Gasteiger partial charge in [-0.1, -0.05) is 18.2 Å². The fourth-order valence-electron chi connectivity index (χ4n) is 4.20. The minimum Gasteiger partial charge on any atom is -0.497 e. The Morgan fingerprint density at radius 1 is 1.12 bits per heavy atom. The molecule has 8 nitrogen and oxygen atoms in total. The van der Waals surface area contributed by atoms with Gasteiger partial charge < -0.3 is 10.1 Å². The highest BCUT2D eigenvalue weighted by atomic mass is 32.1. The Bertz CT molecular complexity index is 1220. The van der Waals surface area contributed by atoms with E-state index in [0.29, 0.717) is 22.8 Å². The maximum Gasteiger partial charge on any atom is 0.262 e. The molecule has 2 aliphatic heterocycles. The van der Waals surface area contributed by atoms with Gasteiger partial charge in [0.2, 0.25) is 5.91 Å². The third kappa shape index (κ3) is 4.24. The van der Waals surface area contributed by atoms with Gasteiger partial charge in [0, 0.05) is 25.0 Å². The summed E-state index contributed by atoms with van der Waals surface area (Å²) in [7, 11) is 1.68. The van der Waals surface area contributed by atoms with Crippen molar-refractivity contribution >= 4 is 34.2 Å². The molecule has 0 radical (unpaired) electrons. The molecule has 2 aliphatic rings. The van der Waals surface area contributed by atoms with Crippen molar-refractivity contribution in [3.63, 3.8) is 0 Å². The van der Waals surface area contributed by atoms with Crippen LogP contribution in [0.1, 0.15) is 37.5 Å². The van der Waals surface area contributed by atoms with Crippen molar-refractivity contribution in [3.05, 3.63) is 75.8 Å². The topological polar surface area (TPSA) is 91.8 Å². The van der Waals surface area contributed by atoms with Gasteiger partial charge in [0.1, 0.15) is 12.3 Å². The largest absolute Gasteiger partial charge is 0.497 e. The van der Waals surface area contributed by atoms with Crippen molar-refractivity contribution in [3.8, 4) is 5.75 Å². The molecule has 5 rings (SSSR count). The lowest BCUT2D eigenvalue weighted by Crippen LogP contribution is -2.37. The average molecular weight is 463 g/mol. The van der Waals surface area contributed by atoms with Crippen molar-refractivity contribution in [1.29, 1.82) is 0 Å². The quantitative estimate of drug-likeness (QED) is 0.567. The molecule has 1 aromatic heterocycles.